The number of carbonyl (C=O) groups excluding carboxylic acids is 1. The third kappa shape index (κ3) is 2.17. The maximum Gasteiger partial charge on any atom is 0.272 e. The second kappa shape index (κ2) is 4.48. The first kappa shape index (κ1) is 12.1. The van der Waals surface area contributed by atoms with E-state index in [-0.39, 0.29) is 11.4 Å². The first-order valence-electron chi connectivity index (χ1n) is 5.16. The topological polar surface area (TPSA) is 60.0 Å². The molecule has 0 unspecified atom stereocenters. The van der Waals surface area contributed by atoms with Crippen molar-refractivity contribution in [3.8, 4) is 0 Å². The van der Waals surface area contributed by atoms with E-state index in [0.717, 1.165) is 6.07 Å². The Morgan fingerprint density at radius 3 is 2.72 bits per heavy atom. The van der Waals surface area contributed by atoms with Gasteiger partial charge >= 0.3 is 0 Å². The lowest BCUT2D eigenvalue weighted by molar-refractivity contribution is 0.101. The van der Waals surface area contributed by atoms with Gasteiger partial charge < -0.3 is 15.6 Å². The van der Waals surface area contributed by atoms with Gasteiger partial charge in [0.25, 0.3) is 5.91 Å². The molecule has 4 nitrogen and oxygen atoms in total. The van der Waals surface area contributed by atoms with Crippen LogP contribution in [0.25, 0.3) is 0 Å². The molecule has 2 aromatic rings. The second-order valence-electron chi connectivity index (χ2n) is 3.83. The van der Waals surface area contributed by atoms with Gasteiger partial charge in [0, 0.05) is 13.2 Å². The van der Waals surface area contributed by atoms with Crippen molar-refractivity contribution in [2.75, 3.05) is 11.1 Å². The highest BCUT2D eigenvalue weighted by Crippen LogP contribution is 2.18. The number of halogens is 2. The molecule has 0 saturated carbocycles. The van der Waals surface area contributed by atoms with Crippen LogP contribution in [0.2, 0.25) is 0 Å². The molecule has 1 aromatic carbocycles. The number of nitrogens with zero attached hydrogens (tertiary/aromatic N) is 1. The molecule has 0 radical (unpaired) electrons. The number of hydrogen-bond acceptors (Lipinski definition) is 2. The number of aromatic nitrogens is 1. The molecule has 0 aliphatic carbocycles. The molecule has 2 rings (SSSR count). The predicted octanol–water partition coefficient (Wildman–Crippen LogP) is 2.14. The van der Waals surface area contributed by atoms with Crippen LogP contribution in [0.1, 0.15) is 10.5 Å². The number of aryl methyl sites for hydroxylation is 1. The van der Waals surface area contributed by atoms with Gasteiger partial charge in [-0.15, -0.1) is 0 Å². The quantitative estimate of drug-likeness (QED) is 0.859. The summed E-state index contributed by atoms with van der Waals surface area (Å²) in [5.41, 5.74) is 6.00. The van der Waals surface area contributed by atoms with Gasteiger partial charge in [-0.25, -0.2) is 8.78 Å². The Morgan fingerprint density at radius 1 is 1.39 bits per heavy atom. The van der Waals surface area contributed by atoms with Crippen molar-refractivity contribution >= 4 is 17.3 Å². The van der Waals surface area contributed by atoms with E-state index in [1.807, 2.05) is 0 Å². The molecule has 0 saturated heterocycles. The lowest BCUT2D eigenvalue weighted by Gasteiger charge is -2.07. The Balaban J connectivity index is 2.27. The van der Waals surface area contributed by atoms with Gasteiger partial charge in [0.15, 0.2) is 11.6 Å². The zero-order valence-electron chi connectivity index (χ0n) is 9.58. The van der Waals surface area contributed by atoms with E-state index in [2.05, 4.69) is 5.32 Å². The molecule has 0 bridgehead atoms. The van der Waals surface area contributed by atoms with Crippen LogP contribution in [0.3, 0.4) is 0 Å². The molecule has 3 N–H and O–H groups in total. The van der Waals surface area contributed by atoms with E-state index in [1.165, 1.54) is 22.8 Å². The molecule has 0 aliphatic heterocycles. The summed E-state index contributed by atoms with van der Waals surface area (Å²) in [6, 6.07) is 5.02. The van der Waals surface area contributed by atoms with E-state index in [1.54, 1.807) is 13.2 Å². The molecular weight excluding hydrogens is 240 g/mol. The number of amides is 1. The summed E-state index contributed by atoms with van der Waals surface area (Å²) in [6.45, 7) is 0. The van der Waals surface area contributed by atoms with Crippen LogP contribution in [0.4, 0.5) is 20.2 Å². The number of nitrogens with two attached hydrogens (primary N) is 1. The Bertz CT molecular complexity index is 607. The summed E-state index contributed by atoms with van der Waals surface area (Å²) >= 11 is 0. The van der Waals surface area contributed by atoms with Crippen molar-refractivity contribution in [3.05, 3.63) is 47.8 Å². The fourth-order valence-corrected chi connectivity index (χ4v) is 1.60. The smallest absolute Gasteiger partial charge is 0.272 e. The monoisotopic (exact) mass is 251 g/mol. The predicted molar refractivity (Wildman–Crippen MR) is 64.1 cm³/mol. The highest BCUT2D eigenvalue weighted by molar-refractivity contribution is 6.03. The van der Waals surface area contributed by atoms with Crippen molar-refractivity contribution in [1.29, 1.82) is 0 Å². The highest BCUT2D eigenvalue weighted by atomic mass is 19.2. The minimum atomic E-state index is -1.09. The van der Waals surface area contributed by atoms with Crippen LogP contribution < -0.4 is 11.1 Å². The molecule has 1 aromatic heterocycles. The fraction of sp³-hybridized carbons (Fsp3) is 0.0833. The van der Waals surface area contributed by atoms with Gasteiger partial charge in [0.2, 0.25) is 0 Å². The summed E-state index contributed by atoms with van der Waals surface area (Å²) in [5.74, 6) is -2.66. The number of nitrogens with one attached hydrogen (secondary N) is 1. The van der Waals surface area contributed by atoms with Gasteiger partial charge in [-0.05, 0) is 18.2 Å². The van der Waals surface area contributed by atoms with Crippen LogP contribution in [0.15, 0.2) is 30.5 Å². The minimum absolute atomic E-state index is 0.209. The van der Waals surface area contributed by atoms with Crippen LogP contribution >= 0.6 is 0 Å². The third-order valence-electron chi connectivity index (χ3n) is 2.46. The minimum Gasteiger partial charge on any atom is -0.397 e. The van der Waals surface area contributed by atoms with Crippen molar-refractivity contribution < 1.29 is 13.6 Å². The number of nitrogen functional groups attached to an aromatic ring is 1. The standard InChI is InChI=1S/C12H11F2N3O/c1-17-6-7(15)5-10(17)12(18)16-9-4-2-3-8(13)11(9)14/h2-6H,15H2,1H3,(H,16,18). The van der Waals surface area contributed by atoms with E-state index >= 15 is 0 Å². The molecule has 0 fully saturated rings. The molecule has 94 valence electrons. The number of rotatable bonds is 2. The molecular formula is C12H11F2N3O. The Hall–Kier alpha value is -2.37. The van der Waals surface area contributed by atoms with E-state index in [4.69, 9.17) is 5.73 Å². The third-order valence-corrected chi connectivity index (χ3v) is 2.46. The Morgan fingerprint density at radius 2 is 2.11 bits per heavy atom. The SMILES string of the molecule is Cn1cc(N)cc1C(=O)Nc1cccc(F)c1F. The molecule has 0 aliphatic rings. The van der Waals surface area contributed by atoms with Crippen LogP contribution in [0, 0.1) is 11.6 Å². The lowest BCUT2D eigenvalue weighted by Crippen LogP contribution is -2.16. The normalized spacial score (nSPS) is 10.4. The molecule has 1 amide bonds. The van der Waals surface area contributed by atoms with Crippen molar-refractivity contribution in [2.45, 2.75) is 0 Å². The van der Waals surface area contributed by atoms with Crippen molar-refractivity contribution in [1.82, 2.24) is 4.57 Å². The fourth-order valence-electron chi connectivity index (χ4n) is 1.60. The zero-order valence-corrected chi connectivity index (χ0v) is 9.58. The largest absolute Gasteiger partial charge is 0.397 e. The lowest BCUT2D eigenvalue weighted by atomic mass is 10.2. The van der Waals surface area contributed by atoms with E-state index < -0.39 is 17.5 Å². The van der Waals surface area contributed by atoms with Gasteiger partial charge in [-0.1, -0.05) is 6.07 Å². The van der Waals surface area contributed by atoms with Crippen molar-refractivity contribution in [2.24, 2.45) is 7.05 Å². The number of carbonyl (C=O) groups is 1. The second-order valence-corrected chi connectivity index (χ2v) is 3.83. The first-order valence-corrected chi connectivity index (χ1v) is 5.16. The summed E-state index contributed by atoms with van der Waals surface area (Å²) < 4.78 is 27.8. The highest BCUT2D eigenvalue weighted by Gasteiger charge is 2.14. The molecule has 0 atom stereocenters. The van der Waals surface area contributed by atoms with Gasteiger partial charge in [-0.2, -0.15) is 0 Å². The Kier molecular flexibility index (Phi) is 3.01. The van der Waals surface area contributed by atoms with Crippen LogP contribution in [-0.2, 0) is 7.05 Å². The zero-order chi connectivity index (χ0) is 13.3. The number of benzene rings is 1. The molecule has 18 heavy (non-hydrogen) atoms. The average molecular weight is 251 g/mol. The molecule has 6 heteroatoms. The maximum absolute atomic E-state index is 13.4. The van der Waals surface area contributed by atoms with Gasteiger partial charge in [0.1, 0.15) is 5.69 Å². The Labute approximate surface area is 102 Å². The molecule has 1 heterocycles. The maximum atomic E-state index is 13.4. The van der Waals surface area contributed by atoms with E-state index in [0.29, 0.717) is 5.69 Å². The van der Waals surface area contributed by atoms with Crippen molar-refractivity contribution in [3.63, 3.8) is 0 Å². The summed E-state index contributed by atoms with van der Waals surface area (Å²) in [5, 5.41) is 2.29. The first-order chi connectivity index (χ1) is 8.49. The number of hydrogen-bond donors (Lipinski definition) is 2. The summed E-state index contributed by atoms with van der Waals surface area (Å²) in [7, 11) is 1.63. The van der Waals surface area contributed by atoms with Crippen LogP contribution in [0.5, 0.6) is 0 Å². The summed E-state index contributed by atoms with van der Waals surface area (Å²) in [6.07, 6.45) is 1.55. The van der Waals surface area contributed by atoms with Gasteiger partial charge in [0.05, 0.1) is 11.4 Å². The molecule has 0 spiro atoms. The summed E-state index contributed by atoms with van der Waals surface area (Å²) in [4.78, 5) is 11.8. The number of anilines is 2. The average Bonchev–Trinajstić information content (AvgIpc) is 2.64. The van der Waals surface area contributed by atoms with Gasteiger partial charge in [-0.3, -0.25) is 4.79 Å². The van der Waals surface area contributed by atoms with Crippen LogP contribution in [-0.4, -0.2) is 10.5 Å². The van der Waals surface area contributed by atoms with E-state index in [9.17, 15) is 13.6 Å².